The first-order valence-corrected chi connectivity index (χ1v) is 6.40. The maximum absolute atomic E-state index is 5.23. The first-order chi connectivity index (χ1) is 7.61. The predicted octanol–water partition coefficient (Wildman–Crippen LogP) is 2.17. The number of aromatic amines is 1. The number of aryl methyl sites for hydroxylation is 1. The third kappa shape index (κ3) is 2.03. The maximum Gasteiger partial charge on any atom is 0.178 e. The number of imidazole rings is 1. The second-order valence-corrected chi connectivity index (χ2v) is 5.33. The topological polar surface area (TPSA) is 20.7 Å². The number of thiophene rings is 1. The Labute approximate surface area is 104 Å². The molecular formula is C12H14N2S2. The smallest absolute Gasteiger partial charge is 0.178 e. The van der Waals surface area contributed by atoms with E-state index in [9.17, 15) is 0 Å². The van der Waals surface area contributed by atoms with Crippen LogP contribution in [0.2, 0.25) is 0 Å². The highest BCUT2D eigenvalue weighted by Gasteiger charge is 1.97. The number of nitrogens with zero attached hydrogens (tertiary/aromatic N) is 1. The molecule has 84 valence electrons. The lowest BCUT2D eigenvalue weighted by Gasteiger charge is -1.92. The van der Waals surface area contributed by atoms with E-state index in [1.807, 2.05) is 4.57 Å². The maximum atomic E-state index is 5.23. The van der Waals surface area contributed by atoms with Gasteiger partial charge in [0.2, 0.25) is 0 Å². The molecule has 0 fully saturated rings. The standard InChI is InChI=1S/C12H14N2S2/c1-4-14-9(3)11(13-12(14)15)7-10-6-5-8(2)16-10/h5-7H,3-4H2,1-2H3,(H,13,15)/b11-7-. The molecule has 0 unspecified atom stereocenters. The van der Waals surface area contributed by atoms with Gasteiger partial charge in [-0.3, -0.25) is 0 Å². The Morgan fingerprint density at radius 3 is 2.81 bits per heavy atom. The number of H-pyrrole nitrogens is 1. The van der Waals surface area contributed by atoms with E-state index in [4.69, 9.17) is 12.2 Å². The minimum absolute atomic E-state index is 0.743. The van der Waals surface area contributed by atoms with Crippen LogP contribution >= 0.6 is 23.6 Å². The molecule has 0 aliphatic heterocycles. The van der Waals surface area contributed by atoms with Gasteiger partial charge >= 0.3 is 0 Å². The fourth-order valence-corrected chi connectivity index (χ4v) is 2.82. The van der Waals surface area contributed by atoms with Gasteiger partial charge in [-0.2, -0.15) is 0 Å². The van der Waals surface area contributed by atoms with E-state index in [0.717, 1.165) is 22.0 Å². The third-order valence-corrected chi connectivity index (χ3v) is 3.76. The van der Waals surface area contributed by atoms with Crippen LogP contribution in [0.5, 0.6) is 0 Å². The van der Waals surface area contributed by atoms with Gasteiger partial charge in [0.25, 0.3) is 0 Å². The van der Waals surface area contributed by atoms with Gasteiger partial charge in [0.1, 0.15) is 0 Å². The summed E-state index contributed by atoms with van der Waals surface area (Å²) >= 11 is 7.00. The van der Waals surface area contributed by atoms with Gasteiger partial charge in [0.15, 0.2) is 4.77 Å². The van der Waals surface area contributed by atoms with Crippen LogP contribution in [-0.4, -0.2) is 9.55 Å². The summed E-state index contributed by atoms with van der Waals surface area (Å²) in [5.74, 6) is 0. The number of rotatable bonds is 2. The van der Waals surface area contributed by atoms with Crippen LogP contribution in [0.3, 0.4) is 0 Å². The van der Waals surface area contributed by atoms with Crippen molar-refractivity contribution in [1.29, 1.82) is 0 Å². The van der Waals surface area contributed by atoms with Crippen molar-refractivity contribution >= 4 is 36.2 Å². The highest BCUT2D eigenvalue weighted by atomic mass is 32.1. The summed E-state index contributed by atoms with van der Waals surface area (Å²) in [6, 6.07) is 4.23. The Morgan fingerprint density at radius 1 is 1.56 bits per heavy atom. The monoisotopic (exact) mass is 250 g/mol. The van der Waals surface area contributed by atoms with Crippen LogP contribution in [-0.2, 0) is 6.54 Å². The van der Waals surface area contributed by atoms with E-state index in [0.29, 0.717) is 0 Å². The minimum atomic E-state index is 0.743. The zero-order chi connectivity index (χ0) is 11.7. The van der Waals surface area contributed by atoms with Gasteiger partial charge < -0.3 is 9.55 Å². The van der Waals surface area contributed by atoms with Crippen molar-refractivity contribution in [2.75, 3.05) is 0 Å². The lowest BCUT2D eigenvalue weighted by Crippen LogP contribution is -2.28. The van der Waals surface area contributed by atoms with Crippen molar-refractivity contribution in [3.05, 3.63) is 37.4 Å². The molecule has 2 nitrogen and oxygen atoms in total. The van der Waals surface area contributed by atoms with Crippen molar-refractivity contribution in [2.45, 2.75) is 20.4 Å². The Morgan fingerprint density at radius 2 is 2.31 bits per heavy atom. The lowest BCUT2D eigenvalue weighted by atomic mass is 10.4. The van der Waals surface area contributed by atoms with Gasteiger partial charge in [-0.15, -0.1) is 11.3 Å². The molecular weight excluding hydrogens is 236 g/mol. The molecule has 0 saturated heterocycles. The molecule has 16 heavy (non-hydrogen) atoms. The molecule has 2 aromatic heterocycles. The molecule has 0 bridgehead atoms. The fourth-order valence-electron chi connectivity index (χ4n) is 1.65. The van der Waals surface area contributed by atoms with Crippen LogP contribution in [0.1, 0.15) is 16.7 Å². The molecule has 4 heteroatoms. The molecule has 0 amide bonds. The van der Waals surface area contributed by atoms with E-state index in [1.165, 1.54) is 9.75 Å². The van der Waals surface area contributed by atoms with Crippen LogP contribution in [0.15, 0.2) is 12.1 Å². The molecule has 2 heterocycles. The zero-order valence-electron chi connectivity index (χ0n) is 9.41. The Kier molecular flexibility index (Phi) is 3.12. The van der Waals surface area contributed by atoms with E-state index < -0.39 is 0 Å². The molecule has 0 aliphatic rings. The molecule has 0 radical (unpaired) electrons. The Bertz CT molecular complexity index is 658. The first-order valence-electron chi connectivity index (χ1n) is 5.17. The molecule has 0 spiro atoms. The summed E-state index contributed by atoms with van der Waals surface area (Å²) in [5.41, 5.74) is 0. The van der Waals surface area contributed by atoms with Crippen LogP contribution < -0.4 is 10.7 Å². The van der Waals surface area contributed by atoms with Gasteiger partial charge in [0.05, 0.1) is 10.7 Å². The van der Waals surface area contributed by atoms with Crippen molar-refractivity contribution in [2.24, 2.45) is 0 Å². The molecule has 0 atom stereocenters. The van der Waals surface area contributed by atoms with Crippen molar-refractivity contribution < 1.29 is 0 Å². The van der Waals surface area contributed by atoms with E-state index in [-0.39, 0.29) is 0 Å². The second-order valence-electron chi connectivity index (χ2n) is 3.63. The number of nitrogens with one attached hydrogen (secondary N) is 1. The van der Waals surface area contributed by atoms with Crippen LogP contribution in [0.25, 0.3) is 12.7 Å². The number of hydrogen-bond donors (Lipinski definition) is 1. The predicted molar refractivity (Wildman–Crippen MR) is 72.7 cm³/mol. The summed E-state index contributed by atoms with van der Waals surface area (Å²) in [5, 5.41) is 1.97. The van der Waals surface area contributed by atoms with Gasteiger partial charge in [-0.25, -0.2) is 0 Å². The summed E-state index contributed by atoms with van der Waals surface area (Å²) in [6.07, 6.45) is 2.10. The number of hydrogen-bond acceptors (Lipinski definition) is 2. The van der Waals surface area contributed by atoms with Crippen LogP contribution in [0, 0.1) is 11.7 Å². The lowest BCUT2D eigenvalue weighted by molar-refractivity contribution is 0.729. The van der Waals surface area contributed by atoms with Gasteiger partial charge in [-0.05, 0) is 44.3 Å². The third-order valence-electron chi connectivity index (χ3n) is 2.49. The Balaban J connectivity index is 2.61. The summed E-state index contributed by atoms with van der Waals surface area (Å²) in [6.45, 7) is 9.08. The molecule has 0 aromatic carbocycles. The summed E-state index contributed by atoms with van der Waals surface area (Å²) < 4.78 is 2.74. The van der Waals surface area contributed by atoms with Crippen molar-refractivity contribution in [3.8, 4) is 0 Å². The largest absolute Gasteiger partial charge is 0.331 e. The minimum Gasteiger partial charge on any atom is -0.331 e. The Hall–Kier alpha value is -1.13. The average Bonchev–Trinajstić information content (AvgIpc) is 2.74. The highest BCUT2D eigenvalue weighted by molar-refractivity contribution is 7.71. The first kappa shape index (κ1) is 11.4. The SMILES string of the molecule is C=c1/c(=C/c2ccc(C)s2)[nH]c(=S)n1CC. The quantitative estimate of drug-likeness (QED) is 0.810. The van der Waals surface area contributed by atoms with Gasteiger partial charge in [0, 0.05) is 16.3 Å². The van der Waals surface area contributed by atoms with E-state index in [1.54, 1.807) is 11.3 Å². The van der Waals surface area contributed by atoms with Crippen molar-refractivity contribution in [1.82, 2.24) is 9.55 Å². The van der Waals surface area contributed by atoms with E-state index >= 15 is 0 Å². The fraction of sp³-hybridized carbons (Fsp3) is 0.250. The zero-order valence-corrected chi connectivity index (χ0v) is 11.0. The molecule has 0 saturated carbocycles. The molecule has 2 rings (SSSR count). The van der Waals surface area contributed by atoms with Gasteiger partial charge in [-0.1, -0.05) is 6.58 Å². The summed E-state index contributed by atoms with van der Waals surface area (Å²) in [7, 11) is 0. The average molecular weight is 250 g/mol. The second kappa shape index (κ2) is 4.39. The van der Waals surface area contributed by atoms with Crippen LogP contribution in [0.4, 0.5) is 0 Å². The van der Waals surface area contributed by atoms with Crippen molar-refractivity contribution in [3.63, 3.8) is 0 Å². The molecule has 2 aromatic rings. The summed E-state index contributed by atoms with van der Waals surface area (Å²) in [4.78, 5) is 5.72. The van der Waals surface area contributed by atoms with E-state index in [2.05, 4.69) is 43.6 Å². The normalized spacial score (nSPS) is 12.2. The number of aromatic nitrogens is 2. The molecule has 0 aliphatic carbocycles. The highest BCUT2D eigenvalue weighted by Crippen LogP contribution is 2.14. The molecule has 1 N–H and O–H groups in total.